The van der Waals surface area contributed by atoms with Crippen LogP contribution < -0.4 is 10.6 Å². The Labute approximate surface area is 171 Å². The van der Waals surface area contributed by atoms with Crippen LogP contribution in [0.3, 0.4) is 0 Å². The van der Waals surface area contributed by atoms with E-state index in [1.54, 1.807) is 30.5 Å². The van der Waals surface area contributed by atoms with E-state index < -0.39 is 0 Å². The van der Waals surface area contributed by atoms with Crippen molar-refractivity contribution < 1.29 is 9.59 Å². The van der Waals surface area contributed by atoms with Crippen molar-refractivity contribution in [3.8, 4) is 0 Å². The van der Waals surface area contributed by atoms with Crippen LogP contribution in [-0.2, 0) is 11.2 Å². The molecule has 0 radical (unpaired) electrons. The van der Waals surface area contributed by atoms with Crippen molar-refractivity contribution in [2.45, 2.75) is 19.3 Å². The number of hydrogen-bond acceptors (Lipinski definition) is 4. The highest BCUT2D eigenvalue weighted by atomic mass is 35.5. The first kappa shape index (κ1) is 18.7. The van der Waals surface area contributed by atoms with E-state index in [0.29, 0.717) is 27.8 Å². The first-order chi connectivity index (χ1) is 13.6. The van der Waals surface area contributed by atoms with Crippen LogP contribution in [0.4, 0.5) is 10.8 Å². The second-order valence-corrected chi connectivity index (χ2v) is 8.29. The minimum absolute atomic E-state index is 0.0168. The predicted octanol–water partition coefficient (Wildman–Crippen LogP) is 4.99. The van der Waals surface area contributed by atoms with E-state index in [4.69, 9.17) is 11.6 Å². The molecule has 0 bridgehead atoms. The Bertz CT molecular complexity index is 1030. The molecular formula is C21H18ClN3O2S. The summed E-state index contributed by atoms with van der Waals surface area (Å²) in [7, 11) is 0. The molecule has 0 saturated heterocycles. The molecule has 2 aromatic carbocycles. The molecule has 0 unspecified atom stereocenters. The van der Waals surface area contributed by atoms with Crippen LogP contribution in [0.5, 0.6) is 0 Å². The smallest absolute Gasteiger partial charge is 0.257 e. The number of aromatic nitrogens is 1. The molecule has 2 N–H and O–H groups in total. The van der Waals surface area contributed by atoms with Crippen molar-refractivity contribution in [1.82, 2.24) is 4.98 Å². The third kappa shape index (κ3) is 4.77. The van der Waals surface area contributed by atoms with Crippen molar-refractivity contribution in [3.63, 3.8) is 0 Å². The number of anilines is 2. The maximum atomic E-state index is 12.5. The van der Waals surface area contributed by atoms with Gasteiger partial charge in [-0.15, -0.1) is 11.3 Å². The number of carbonyl (C=O) groups is 2. The first-order valence-electron chi connectivity index (χ1n) is 8.98. The van der Waals surface area contributed by atoms with Crippen LogP contribution in [0, 0.1) is 5.92 Å². The van der Waals surface area contributed by atoms with Crippen LogP contribution >= 0.6 is 22.9 Å². The van der Waals surface area contributed by atoms with Gasteiger partial charge in [-0.2, -0.15) is 0 Å². The highest BCUT2D eigenvalue weighted by Gasteiger charge is 2.29. The normalized spacial score (nSPS) is 13.2. The Morgan fingerprint density at radius 2 is 1.93 bits per heavy atom. The number of thiazole rings is 1. The number of halogens is 1. The molecule has 1 heterocycles. The fourth-order valence-electron chi connectivity index (χ4n) is 2.79. The maximum absolute atomic E-state index is 12.5. The standard InChI is InChI=1S/C21H18ClN3O2S/c22-16-5-1-3-13(9-16)10-18-12-23-21(28-18)25-20(27)15-4-2-6-17(11-15)24-19(26)14-7-8-14/h1-6,9,11-12,14H,7-8,10H2,(H,24,26)(H,23,25,27). The molecule has 5 nitrogen and oxygen atoms in total. The van der Waals surface area contributed by atoms with Crippen LogP contribution in [-0.4, -0.2) is 16.8 Å². The number of nitrogens with one attached hydrogen (secondary N) is 2. The van der Waals surface area contributed by atoms with E-state index in [1.807, 2.05) is 24.3 Å². The molecular weight excluding hydrogens is 394 g/mol. The summed E-state index contributed by atoms with van der Waals surface area (Å²) in [5.74, 6) is -0.125. The van der Waals surface area contributed by atoms with Gasteiger partial charge in [0.05, 0.1) is 0 Å². The Morgan fingerprint density at radius 1 is 1.11 bits per heavy atom. The molecule has 1 aliphatic carbocycles. The topological polar surface area (TPSA) is 71.1 Å². The monoisotopic (exact) mass is 411 g/mol. The summed E-state index contributed by atoms with van der Waals surface area (Å²) in [4.78, 5) is 29.7. The van der Waals surface area contributed by atoms with Crippen molar-refractivity contribution in [2.75, 3.05) is 10.6 Å². The van der Waals surface area contributed by atoms with Crippen LogP contribution in [0.2, 0.25) is 5.02 Å². The lowest BCUT2D eigenvalue weighted by atomic mass is 10.1. The average Bonchev–Trinajstić information content (AvgIpc) is 3.44. The minimum atomic E-state index is -0.258. The van der Waals surface area contributed by atoms with Gasteiger partial charge in [0.1, 0.15) is 0 Å². The molecule has 0 spiro atoms. The van der Waals surface area contributed by atoms with E-state index in [0.717, 1.165) is 23.3 Å². The fourth-order valence-corrected chi connectivity index (χ4v) is 3.85. The number of nitrogens with zero attached hydrogens (tertiary/aromatic N) is 1. The molecule has 1 aliphatic rings. The van der Waals surface area contributed by atoms with Gasteiger partial charge in [-0.1, -0.05) is 29.8 Å². The van der Waals surface area contributed by atoms with Gasteiger partial charge in [-0.25, -0.2) is 4.98 Å². The molecule has 3 aromatic rings. The summed E-state index contributed by atoms with van der Waals surface area (Å²) in [6.45, 7) is 0. The zero-order valence-corrected chi connectivity index (χ0v) is 16.5. The van der Waals surface area contributed by atoms with E-state index in [-0.39, 0.29) is 17.7 Å². The summed E-state index contributed by atoms with van der Waals surface area (Å²) in [6.07, 6.45) is 4.34. The predicted molar refractivity (Wildman–Crippen MR) is 112 cm³/mol. The lowest BCUT2D eigenvalue weighted by molar-refractivity contribution is -0.117. The van der Waals surface area contributed by atoms with E-state index in [1.165, 1.54) is 11.3 Å². The number of hydrogen-bond donors (Lipinski definition) is 2. The molecule has 2 amide bonds. The minimum Gasteiger partial charge on any atom is -0.326 e. The van der Waals surface area contributed by atoms with E-state index in [2.05, 4.69) is 15.6 Å². The Hall–Kier alpha value is -2.70. The highest BCUT2D eigenvalue weighted by molar-refractivity contribution is 7.15. The summed E-state index contributed by atoms with van der Waals surface area (Å²) < 4.78 is 0. The van der Waals surface area contributed by atoms with Crippen molar-refractivity contribution in [3.05, 3.63) is 75.8 Å². The first-order valence-corrected chi connectivity index (χ1v) is 10.2. The third-order valence-electron chi connectivity index (χ3n) is 4.38. The maximum Gasteiger partial charge on any atom is 0.257 e. The van der Waals surface area contributed by atoms with Crippen molar-refractivity contribution >= 4 is 45.6 Å². The summed E-state index contributed by atoms with van der Waals surface area (Å²) in [5.41, 5.74) is 2.19. The lowest BCUT2D eigenvalue weighted by Crippen LogP contribution is -2.15. The molecule has 7 heteroatoms. The van der Waals surface area contributed by atoms with Crippen molar-refractivity contribution in [1.29, 1.82) is 0 Å². The number of carbonyl (C=O) groups excluding carboxylic acids is 2. The van der Waals surface area contributed by atoms with Crippen molar-refractivity contribution in [2.24, 2.45) is 5.92 Å². The molecule has 0 atom stereocenters. The summed E-state index contributed by atoms with van der Waals surface area (Å²) in [5, 5.41) is 6.91. The SMILES string of the molecule is O=C(Nc1ncc(Cc2cccc(Cl)c2)s1)c1cccc(NC(=O)C2CC2)c1. The van der Waals surface area contributed by atoms with Crippen LogP contribution in [0.15, 0.2) is 54.7 Å². The van der Waals surface area contributed by atoms with Gasteiger partial charge in [0.25, 0.3) is 5.91 Å². The second-order valence-electron chi connectivity index (χ2n) is 6.74. The molecule has 28 heavy (non-hydrogen) atoms. The largest absolute Gasteiger partial charge is 0.326 e. The second kappa shape index (κ2) is 8.12. The zero-order valence-electron chi connectivity index (χ0n) is 14.9. The Balaban J connectivity index is 1.39. The highest BCUT2D eigenvalue weighted by Crippen LogP contribution is 2.30. The fraction of sp³-hybridized carbons (Fsp3) is 0.190. The van der Waals surface area contributed by atoms with E-state index >= 15 is 0 Å². The van der Waals surface area contributed by atoms with Gasteiger partial charge in [0.2, 0.25) is 5.91 Å². The number of amides is 2. The van der Waals surface area contributed by atoms with Crippen LogP contribution in [0.25, 0.3) is 0 Å². The van der Waals surface area contributed by atoms with Crippen LogP contribution in [0.1, 0.15) is 33.6 Å². The van der Waals surface area contributed by atoms with Gasteiger partial charge in [-0.3, -0.25) is 14.9 Å². The number of rotatable bonds is 6. The molecule has 4 rings (SSSR count). The van der Waals surface area contributed by atoms with E-state index in [9.17, 15) is 9.59 Å². The molecule has 1 saturated carbocycles. The van der Waals surface area contributed by atoms with Gasteiger partial charge in [0, 0.05) is 39.7 Å². The van der Waals surface area contributed by atoms with Gasteiger partial charge in [-0.05, 0) is 48.7 Å². The summed E-state index contributed by atoms with van der Waals surface area (Å²) in [6, 6.07) is 14.6. The van der Waals surface area contributed by atoms with Gasteiger partial charge in [0.15, 0.2) is 5.13 Å². The zero-order chi connectivity index (χ0) is 19.5. The average molecular weight is 412 g/mol. The lowest BCUT2D eigenvalue weighted by Gasteiger charge is -2.07. The van der Waals surface area contributed by atoms with Gasteiger partial charge < -0.3 is 5.32 Å². The quantitative estimate of drug-likeness (QED) is 0.600. The third-order valence-corrected chi connectivity index (χ3v) is 5.53. The molecule has 1 aromatic heterocycles. The number of benzene rings is 2. The summed E-state index contributed by atoms with van der Waals surface area (Å²) >= 11 is 7.45. The molecule has 142 valence electrons. The van der Waals surface area contributed by atoms with Gasteiger partial charge >= 0.3 is 0 Å². The molecule has 0 aliphatic heterocycles. The Morgan fingerprint density at radius 3 is 2.71 bits per heavy atom. The Kier molecular flexibility index (Phi) is 5.41. The molecule has 1 fully saturated rings.